The number of ketones is 1. The lowest BCUT2D eigenvalue weighted by Gasteiger charge is -2.08. The molecule has 0 aliphatic rings. The van der Waals surface area contributed by atoms with Gasteiger partial charge in [0.25, 0.3) is 0 Å². The first-order valence-corrected chi connectivity index (χ1v) is 12.1. The summed E-state index contributed by atoms with van der Waals surface area (Å²) in [5.74, 6) is 1.30. The van der Waals surface area contributed by atoms with Gasteiger partial charge in [0.15, 0.2) is 5.76 Å². The van der Waals surface area contributed by atoms with E-state index in [1.807, 2.05) is 48.5 Å². The monoisotopic (exact) mass is 508 g/mol. The average molecular weight is 509 g/mol. The van der Waals surface area contributed by atoms with Gasteiger partial charge in [0.2, 0.25) is 5.91 Å². The molecule has 1 heterocycles. The zero-order valence-corrected chi connectivity index (χ0v) is 21.4. The number of carbonyl (C=O) groups excluding carboxylic acids is 3. The van der Waals surface area contributed by atoms with Gasteiger partial charge < -0.3 is 24.1 Å². The van der Waals surface area contributed by atoms with Gasteiger partial charge in [-0.15, -0.1) is 0 Å². The third-order valence-electron chi connectivity index (χ3n) is 5.87. The lowest BCUT2D eigenvalue weighted by atomic mass is 9.98. The Morgan fingerprint density at radius 1 is 0.811 bits per heavy atom. The minimum absolute atomic E-state index is 0.00795. The number of amides is 1. The average Bonchev–Trinajstić information content (AvgIpc) is 3.34. The maximum absolute atomic E-state index is 12.7. The Balaban J connectivity index is 1.63. The lowest BCUT2D eigenvalue weighted by Crippen LogP contribution is -2.26. The van der Waals surface area contributed by atoms with Crippen LogP contribution >= 0.6 is 0 Å². The highest BCUT2D eigenvalue weighted by Gasteiger charge is 2.21. The summed E-state index contributed by atoms with van der Waals surface area (Å²) in [5, 5.41) is 7.16. The molecule has 0 aliphatic heterocycles. The fraction of sp³-hybridized carbons (Fsp3) is 0.357. The van der Waals surface area contributed by atoms with E-state index in [4.69, 9.17) is 14.0 Å². The highest BCUT2D eigenvalue weighted by atomic mass is 16.5. The minimum Gasteiger partial charge on any atom is -0.497 e. The van der Waals surface area contributed by atoms with Crippen LogP contribution < -0.4 is 14.8 Å². The molecule has 0 saturated heterocycles. The van der Waals surface area contributed by atoms with Gasteiger partial charge >= 0.3 is 5.97 Å². The number of carbonyl (C=O) groups is 3. The van der Waals surface area contributed by atoms with Crippen molar-refractivity contribution in [1.82, 2.24) is 10.5 Å². The molecule has 9 heteroatoms. The molecule has 1 amide bonds. The number of hydrogen-bond donors (Lipinski definition) is 1. The fourth-order valence-corrected chi connectivity index (χ4v) is 3.80. The van der Waals surface area contributed by atoms with Crippen molar-refractivity contribution in [1.29, 1.82) is 0 Å². The van der Waals surface area contributed by atoms with Crippen molar-refractivity contribution < 1.29 is 33.1 Å². The van der Waals surface area contributed by atoms with Gasteiger partial charge in [-0.2, -0.15) is 0 Å². The summed E-state index contributed by atoms with van der Waals surface area (Å²) in [6.45, 7) is 0.431. The molecule has 0 fully saturated rings. The quantitative estimate of drug-likeness (QED) is 0.252. The van der Waals surface area contributed by atoms with Crippen LogP contribution in [0.25, 0.3) is 22.4 Å². The van der Waals surface area contributed by atoms with E-state index in [1.165, 1.54) is 7.11 Å². The number of nitrogens with zero attached hydrogens (tertiary/aromatic N) is 1. The van der Waals surface area contributed by atoms with Crippen LogP contribution in [-0.2, 0) is 25.5 Å². The molecule has 0 bridgehead atoms. The molecular formula is C28H32N2O7. The van der Waals surface area contributed by atoms with Crippen LogP contribution in [0.15, 0.2) is 53.1 Å². The maximum Gasteiger partial charge on any atom is 0.305 e. The second-order valence-corrected chi connectivity index (χ2v) is 8.39. The van der Waals surface area contributed by atoms with Crippen molar-refractivity contribution >= 4 is 17.7 Å². The van der Waals surface area contributed by atoms with Gasteiger partial charge in [0.05, 0.1) is 39.7 Å². The summed E-state index contributed by atoms with van der Waals surface area (Å²) >= 11 is 0. The van der Waals surface area contributed by atoms with Crippen molar-refractivity contribution in [2.45, 2.75) is 38.5 Å². The predicted molar refractivity (Wildman–Crippen MR) is 137 cm³/mol. The molecule has 196 valence electrons. The lowest BCUT2D eigenvalue weighted by molar-refractivity contribution is -0.142. The topological polar surface area (TPSA) is 117 Å². The van der Waals surface area contributed by atoms with E-state index in [2.05, 4.69) is 15.2 Å². The smallest absolute Gasteiger partial charge is 0.305 e. The number of methoxy groups -OCH3 is 3. The molecule has 0 aliphatic carbocycles. The molecule has 0 radical (unpaired) electrons. The summed E-state index contributed by atoms with van der Waals surface area (Å²) in [6.07, 6.45) is 1.92. The Bertz CT molecular complexity index is 1180. The standard InChI is InChI=1S/C28H32N2O7/c1-34-22-12-7-19(8-13-22)27-24(37-30-28(27)20-9-14-23(35-2)15-10-20)18-25(32)29-17-5-4-6-21(31)11-16-26(33)36-3/h7-10,12-15H,4-6,11,16-18H2,1-3H3,(H,29,32). The minimum atomic E-state index is -0.391. The number of unbranched alkanes of at least 4 members (excludes halogenated alkanes) is 1. The van der Waals surface area contributed by atoms with Crippen LogP contribution in [0.4, 0.5) is 0 Å². The third kappa shape index (κ3) is 7.93. The molecule has 0 spiro atoms. The van der Waals surface area contributed by atoms with Crippen molar-refractivity contribution in [3.63, 3.8) is 0 Å². The second kappa shape index (κ2) is 13.8. The van der Waals surface area contributed by atoms with E-state index in [1.54, 1.807) is 14.2 Å². The number of benzene rings is 2. The third-order valence-corrected chi connectivity index (χ3v) is 5.87. The molecule has 0 atom stereocenters. The van der Waals surface area contributed by atoms with Gasteiger partial charge in [-0.05, 0) is 54.8 Å². The van der Waals surface area contributed by atoms with E-state index in [-0.39, 0.29) is 31.0 Å². The normalized spacial score (nSPS) is 10.6. The molecular weight excluding hydrogens is 476 g/mol. The van der Waals surface area contributed by atoms with Crippen LogP contribution in [0.2, 0.25) is 0 Å². The van der Waals surface area contributed by atoms with Crippen LogP contribution in [0.1, 0.15) is 37.9 Å². The molecule has 1 N–H and O–H groups in total. The first kappa shape index (κ1) is 27.4. The number of Topliss-reactive ketones (excluding diaryl/α,β-unsaturated/α-hetero) is 1. The first-order chi connectivity index (χ1) is 17.9. The number of ether oxygens (including phenoxy) is 3. The number of rotatable bonds is 14. The molecule has 2 aromatic carbocycles. The summed E-state index contributed by atoms with van der Waals surface area (Å²) in [6, 6.07) is 14.9. The number of hydrogen-bond acceptors (Lipinski definition) is 8. The van der Waals surface area contributed by atoms with Crippen molar-refractivity contribution in [2.24, 2.45) is 0 Å². The highest BCUT2D eigenvalue weighted by molar-refractivity contribution is 5.87. The van der Waals surface area contributed by atoms with Crippen molar-refractivity contribution in [3.8, 4) is 33.9 Å². The Morgan fingerprint density at radius 2 is 1.43 bits per heavy atom. The first-order valence-electron chi connectivity index (χ1n) is 12.1. The van der Waals surface area contributed by atoms with E-state index in [0.29, 0.717) is 43.0 Å². The largest absolute Gasteiger partial charge is 0.497 e. The molecule has 3 aromatic rings. The summed E-state index contributed by atoms with van der Waals surface area (Å²) in [4.78, 5) is 35.6. The zero-order valence-electron chi connectivity index (χ0n) is 21.4. The number of aromatic nitrogens is 1. The van der Waals surface area contributed by atoms with Gasteiger partial charge in [0, 0.05) is 24.9 Å². The Kier molecular flexibility index (Phi) is 10.3. The summed E-state index contributed by atoms with van der Waals surface area (Å²) < 4.78 is 20.7. The Hall–Kier alpha value is -4.14. The van der Waals surface area contributed by atoms with Crippen LogP contribution in [0, 0.1) is 0 Å². The van der Waals surface area contributed by atoms with Crippen molar-refractivity contribution in [2.75, 3.05) is 27.9 Å². The Morgan fingerprint density at radius 3 is 2.03 bits per heavy atom. The number of esters is 1. The summed E-state index contributed by atoms with van der Waals surface area (Å²) in [7, 11) is 4.51. The molecule has 0 unspecified atom stereocenters. The molecule has 0 saturated carbocycles. The van der Waals surface area contributed by atoms with E-state index < -0.39 is 5.97 Å². The highest BCUT2D eigenvalue weighted by Crippen LogP contribution is 2.36. The SMILES string of the molecule is COC(=O)CCC(=O)CCCCNC(=O)Cc1onc(-c2ccc(OC)cc2)c1-c1ccc(OC)cc1. The molecule has 1 aromatic heterocycles. The van der Waals surface area contributed by atoms with Crippen LogP contribution in [0.5, 0.6) is 11.5 Å². The van der Waals surface area contributed by atoms with Crippen molar-refractivity contribution in [3.05, 3.63) is 54.3 Å². The van der Waals surface area contributed by atoms with Crippen LogP contribution in [-0.4, -0.2) is 50.7 Å². The maximum atomic E-state index is 12.7. The Labute approximate surface area is 216 Å². The van der Waals surface area contributed by atoms with E-state index in [9.17, 15) is 14.4 Å². The van der Waals surface area contributed by atoms with Gasteiger partial charge in [-0.1, -0.05) is 17.3 Å². The predicted octanol–water partition coefficient (Wildman–Crippen LogP) is 4.38. The molecule has 3 rings (SSSR count). The van der Waals surface area contributed by atoms with E-state index in [0.717, 1.165) is 22.4 Å². The van der Waals surface area contributed by atoms with Crippen LogP contribution in [0.3, 0.4) is 0 Å². The molecule has 37 heavy (non-hydrogen) atoms. The molecule has 9 nitrogen and oxygen atoms in total. The second-order valence-electron chi connectivity index (χ2n) is 8.39. The van der Waals surface area contributed by atoms with Gasteiger partial charge in [0.1, 0.15) is 23.0 Å². The summed E-state index contributed by atoms with van der Waals surface area (Å²) in [5.41, 5.74) is 3.04. The fourth-order valence-electron chi connectivity index (χ4n) is 3.80. The number of nitrogens with one attached hydrogen (secondary N) is 1. The van der Waals surface area contributed by atoms with Gasteiger partial charge in [-0.3, -0.25) is 14.4 Å². The van der Waals surface area contributed by atoms with E-state index >= 15 is 0 Å². The zero-order chi connectivity index (χ0) is 26.6. The van der Waals surface area contributed by atoms with Gasteiger partial charge in [-0.25, -0.2) is 0 Å².